The van der Waals surface area contributed by atoms with Crippen molar-refractivity contribution < 1.29 is 4.79 Å². The van der Waals surface area contributed by atoms with Gasteiger partial charge < -0.3 is 16.6 Å². The second kappa shape index (κ2) is 3.70. The molecule has 0 spiro atoms. The summed E-state index contributed by atoms with van der Waals surface area (Å²) in [5, 5.41) is 0. The van der Waals surface area contributed by atoms with Crippen molar-refractivity contribution in [2.45, 2.75) is 6.92 Å². The summed E-state index contributed by atoms with van der Waals surface area (Å²) in [7, 11) is 0. The fourth-order valence-corrected chi connectivity index (χ4v) is 0.381. The quantitative estimate of drug-likeness (QED) is 0.173. The van der Waals surface area contributed by atoms with Crippen LogP contribution in [0.15, 0.2) is 11.4 Å². The molecule has 8 N–H and O–H groups in total. The summed E-state index contributed by atoms with van der Waals surface area (Å²) in [6, 6.07) is 0. The normalized spacial score (nSPS) is 8.30. The second-order valence-corrected chi connectivity index (χ2v) is 1.65. The zero-order valence-electron chi connectivity index (χ0n) is 5.64. The van der Waals surface area contributed by atoms with Crippen molar-refractivity contribution >= 4 is 5.91 Å². The Labute approximate surface area is 58.4 Å². The molecular formula is C4H11N5O. The smallest absolute Gasteiger partial charge is 0.248 e. The molecule has 6 heteroatoms. The molecule has 0 aromatic carbocycles. The maximum Gasteiger partial charge on any atom is 0.248 e. The molecular weight excluding hydrogens is 134 g/mol. The Morgan fingerprint density at radius 2 is 1.70 bits per heavy atom. The fraction of sp³-hybridized carbons (Fsp3) is 0.250. The van der Waals surface area contributed by atoms with E-state index in [1.807, 2.05) is 0 Å². The standard InChI is InChI=1S/C4H11N5O/c1-2(3(5)10)4(8-6)9-7/h8-9H,6-7H2,1H3,(H2,5,10). The zero-order chi connectivity index (χ0) is 8.15. The van der Waals surface area contributed by atoms with E-state index >= 15 is 0 Å². The molecule has 6 nitrogen and oxygen atoms in total. The molecule has 0 aliphatic carbocycles. The van der Waals surface area contributed by atoms with E-state index in [9.17, 15) is 4.79 Å². The van der Waals surface area contributed by atoms with Crippen LogP contribution in [-0.2, 0) is 4.79 Å². The van der Waals surface area contributed by atoms with Gasteiger partial charge in [-0.2, -0.15) is 0 Å². The highest BCUT2D eigenvalue weighted by atomic mass is 16.1. The Morgan fingerprint density at radius 3 is 1.80 bits per heavy atom. The first-order valence-corrected chi connectivity index (χ1v) is 2.57. The molecule has 0 saturated heterocycles. The third kappa shape index (κ3) is 1.92. The van der Waals surface area contributed by atoms with Gasteiger partial charge in [-0.25, -0.2) is 11.7 Å². The maximum atomic E-state index is 10.4. The Kier molecular flexibility index (Phi) is 3.23. The van der Waals surface area contributed by atoms with Gasteiger partial charge in [0.05, 0.1) is 5.57 Å². The highest BCUT2D eigenvalue weighted by molar-refractivity contribution is 5.91. The van der Waals surface area contributed by atoms with Gasteiger partial charge in [0.25, 0.3) is 0 Å². The van der Waals surface area contributed by atoms with Crippen LogP contribution in [0.1, 0.15) is 6.92 Å². The Morgan fingerprint density at radius 1 is 1.30 bits per heavy atom. The first-order valence-electron chi connectivity index (χ1n) is 2.57. The SMILES string of the molecule is CC(C(N)=O)=C(NN)NN. The number of carbonyl (C=O) groups is 1. The third-order valence-electron chi connectivity index (χ3n) is 1.03. The van der Waals surface area contributed by atoms with Crippen molar-refractivity contribution in [1.29, 1.82) is 0 Å². The first kappa shape index (κ1) is 8.73. The molecule has 0 bridgehead atoms. The number of hydrogen-bond donors (Lipinski definition) is 5. The summed E-state index contributed by atoms with van der Waals surface area (Å²) < 4.78 is 0. The zero-order valence-corrected chi connectivity index (χ0v) is 5.64. The molecule has 0 fully saturated rings. The number of carbonyl (C=O) groups excluding carboxylic acids is 1. The monoisotopic (exact) mass is 145 g/mol. The van der Waals surface area contributed by atoms with E-state index in [1.54, 1.807) is 0 Å². The summed E-state index contributed by atoms with van der Waals surface area (Å²) in [4.78, 5) is 10.4. The van der Waals surface area contributed by atoms with E-state index in [2.05, 4.69) is 10.9 Å². The number of hydrazine groups is 2. The third-order valence-corrected chi connectivity index (χ3v) is 1.03. The second-order valence-electron chi connectivity index (χ2n) is 1.65. The first-order chi connectivity index (χ1) is 4.63. The molecule has 0 unspecified atom stereocenters. The number of amides is 1. The number of nitrogens with two attached hydrogens (primary N) is 3. The summed E-state index contributed by atoms with van der Waals surface area (Å²) in [6.45, 7) is 1.50. The topological polar surface area (TPSA) is 119 Å². The molecule has 0 saturated carbocycles. The molecule has 0 rings (SSSR count). The molecule has 10 heavy (non-hydrogen) atoms. The lowest BCUT2D eigenvalue weighted by atomic mass is 10.3. The van der Waals surface area contributed by atoms with Gasteiger partial charge in [-0.05, 0) is 6.92 Å². The van der Waals surface area contributed by atoms with E-state index in [0.29, 0.717) is 0 Å². The van der Waals surface area contributed by atoms with Gasteiger partial charge in [0.1, 0.15) is 5.82 Å². The van der Waals surface area contributed by atoms with Crippen LogP contribution < -0.4 is 28.3 Å². The molecule has 0 aliphatic rings. The summed E-state index contributed by atoms with van der Waals surface area (Å²) in [5.41, 5.74) is 9.51. The summed E-state index contributed by atoms with van der Waals surface area (Å²) >= 11 is 0. The Hall–Kier alpha value is -1.27. The van der Waals surface area contributed by atoms with Gasteiger partial charge >= 0.3 is 0 Å². The average Bonchev–Trinajstić information content (AvgIpc) is 1.90. The predicted octanol–water partition coefficient (Wildman–Crippen LogP) is -2.37. The van der Waals surface area contributed by atoms with Crippen LogP contribution in [0.2, 0.25) is 0 Å². The number of nitrogens with one attached hydrogen (secondary N) is 2. The van der Waals surface area contributed by atoms with Gasteiger partial charge in [0.15, 0.2) is 0 Å². The Bertz CT molecular complexity index is 157. The number of hydrogen-bond acceptors (Lipinski definition) is 5. The van der Waals surface area contributed by atoms with Crippen LogP contribution in [0.3, 0.4) is 0 Å². The highest BCUT2D eigenvalue weighted by Gasteiger charge is 2.03. The minimum absolute atomic E-state index is 0.215. The highest BCUT2D eigenvalue weighted by Crippen LogP contribution is 1.92. The minimum atomic E-state index is -0.578. The molecule has 0 aliphatic heterocycles. The van der Waals surface area contributed by atoms with Crippen molar-refractivity contribution in [2.75, 3.05) is 0 Å². The van der Waals surface area contributed by atoms with E-state index in [1.165, 1.54) is 6.92 Å². The molecule has 0 radical (unpaired) electrons. The van der Waals surface area contributed by atoms with Gasteiger partial charge in [-0.3, -0.25) is 4.79 Å². The van der Waals surface area contributed by atoms with Crippen molar-refractivity contribution in [3.05, 3.63) is 11.4 Å². The molecule has 0 heterocycles. The van der Waals surface area contributed by atoms with Crippen LogP contribution in [0.4, 0.5) is 0 Å². The van der Waals surface area contributed by atoms with Crippen molar-refractivity contribution in [1.82, 2.24) is 10.9 Å². The number of rotatable bonds is 3. The van der Waals surface area contributed by atoms with Crippen LogP contribution in [0, 0.1) is 0 Å². The van der Waals surface area contributed by atoms with Crippen LogP contribution in [0.25, 0.3) is 0 Å². The molecule has 0 atom stereocenters. The van der Waals surface area contributed by atoms with Gasteiger partial charge in [-0.15, -0.1) is 0 Å². The molecule has 0 aromatic rings. The van der Waals surface area contributed by atoms with E-state index in [-0.39, 0.29) is 11.4 Å². The van der Waals surface area contributed by atoms with Gasteiger partial charge in [0, 0.05) is 0 Å². The average molecular weight is 145 g/mol. The fourth-order valence-electron chi connectivity index (χ4n) is 0.381. The van der Waals surface area contributed by atoms with Gasteiger partial charge in [-0.1, -0.05) is 0 Å². The van der Waals surface area contributed by atoms with Crippen LogP contribution in [-0.4, -0.2) is 5.91 Å². The lowest BCUT2D eigenvalue weighted by Gasteiger charge is -2.06. The van der Waals surface area contributed by atoms with Gasteiger partial charge in [0.2, 0.25) is 5.91 Å². The molecule has 1 amide bonds. The van der Waals surface area contributed by atoms with E-state index in [4.69, 9.17) is 17.4 Å². The molecule has 58 valence electrons. The number of primary amides is 1. The molecule has 0 aromatic heterocycles. The van der Waals surface area contributed by atoms with Crippen LogP contribution >= 0.6 is 0 Å². The summed E-state index contributed by atoms with van der Waals surface area (Å²) in [6.07, 6.45) is 0. The summed E-state index contributed by atoms with van der Waals surface area (Å²) in [5.74, 6) is 9.57. The van der Waals surface area contributed by atoms with E-state index < -0.39 is 5.91 Å². The van der Waals surface area contributed by atoms with Crippen molar-refractivity contribution in [3.63, 3.8) is 0 Å². The van der Waals surface area contributed by atoms with Crippen molar-refractivity contribution in [2.24, 2.45) is 17.4 Å². The van der Waals surface area contributed by atoms with Crippen LogP contribution in [0.5, 0.6) is 0 Å². The Balaban J connectivity index is 4.43. The maximum absolute atomic E-state index is 10.4. The minimum Gasteiger partial charge on any atom is -0.366 e. The predicted molar refractivity (Wildman–Crippen MR) is 36.5 cm³/mol. The van der Waals surface area contributed by atoms with E-state index in [0.717, 1.165) is 0 Å². The largest absolute Gasteiger partial charge is 0.366 e. The van der Waals surface area contributed by atoms with Crippen molar-refractivity contribution in [3.8, 4) is 0 Å². The lowest BCUT2D eigenvalue weighted by molar-refractivity contribution is -0.114. The lowest BCUT2D eigenvalue weighted by Crippen LogP contribution is -2.38.